The maximum Gasteiger partial charge on any atom is 0.223 e. The lowest BCUT2D eigenvalue weighted by molar-refractivity contribution is -0.126. The van der Waals surface area contributed by atoms with E-state index in [0.29, 0.717) is 11.8 Å². The van der Waals surface area contributed by atoms with Gasteiger partial charge in [0.05, 0.1) is 12.2 Å². The minimum Gasteiger partial charge on any atom is -0.355 e. The van der Waals surface area contributed by atoms with Gasteiger partial charge in [-0.05, 0) is 35.8 Å². The zero-order valence-corrected chi connectivity index (χ0v) is 17.4. The first-order valence-electron chi connectivity index (χ1n) is 10.4. The van der Waals surface area contributed by atoms with E-state index in [2.05, 4.69) is 72.1 Å². The molecule has 0 radical (unpaired) electrons. The van der Waals surface area contributed by atoms with Crippen molar-refractivity contribution >= 4 is 11.7 Å². The molecule has 1 aliphatic rings. The molecule has 1 aromatic heterocycles. The number of amides is 1. The normalized spacial score (nSPS) is 16.4. The third-order valence-electron chi connectivity index (χ3n) is 5.67. The second-order valence-corrected chi connectivity index (χ2v) is 8.38. The van der Waals surface area contributed by atoms with Crippen LogP contribution in [0.15, 0.2) is 42.9 Å². The molecule has 150 valence electrons. The van der Waals surface area contributed by atoms with Crippen LogP contribution < -0.4 is 10.2 Å². The van der Waals surface area contributed by atoms with E-state index in [-0.39, 0.29) is 17.9 Å². The molecular weight excluding hydrogens is 348 g/mol. The molecule has 28 heavy (non-hydrogen) atoms. The Kier molecular flexibility index (Phi) is 6.65. The molecule has 1 aromatic carbocycles. The van der Waals surface area contributed by atoms with Crippen LogP contribution in [0.4, 0.5) is 5.82 Å². The topological polar surface area (TPSA) is 58.1 Å². The lowest BCUT2D eigenvalue weighted by Gasteiger charge is -2.33. The number of carbonyl (C=O) groups is 1. The van der Waals surface area contributed by atoms with Crippen molar-refractivity contribution < 1.29 is 4.79 Å². The fraction of sp³-hybridized carbons (Fsp3) is 0.522. The fourth-order valence-corrected chi connectivity index (χ4v) is 3.82. The highest BCUT2D eigenvalue weighted by Gasteiger charge is 2.28. The molecule has 1 fully saturated rings. The second kappa shape index (κ2) is 9.18. The summed E-state index contributed by atoms with van der Waals surface area (Å²) in [5.41, 5.74) is 2.51. The van der Waals surface area contributed by atoms with E-state index in [1.807, 2.05) is 0 Å². The number of hydrogen-bond acceptors (Lipinski definition) is 4. The number of rotatable bonds is 6. The lowest BCUT2D eigenvalue weighted by Crippen LogP contribution is -2.42. The molecule has 0 saturated carbocycles. The van der Waals surface area contributed by atoms with Crippen molar-refractivity contribution in [2.24, 2.45) is 11.8 Å². The summed E-state index contributed by atoms with van der Waals surface area (Å²) in [6, 6.07) is 8.74. The van der Waals surface area contributed by atoms with E-state index < -0.39 is 0 Å². The summed E-state index contributed by atoms with van der Waals surface area (Å²) in [5, 5.41) is 3.32. The molecule has 1 N–H and O–H groups in total. The number of nitrogens with one attached hydrogen (secondary N) is 1. The monoisotopic (exact) mass is 380 g/mol. The average molecular weight is 381 g/mol. The lowest BCUT2D eigenvalue weighted by atomic mass is 9.91. The zero-order chi connectivity index (χ0) is 20.1. The molecular formula is C23H32N4O. The number of aromatic nitrogens is 2. The van der Waals surface area contributed by atoms with Crippen molar-refractivity contribution in [1.29, 1.82) is 0 Å². The average Bonchev–Trinajstić information content (AvgIpc) is 2.72. The van der Waals surface area contributed by atoms with Crippen LogP contribution in [0.3, 0.4) is 0 Å². The number of piperidine rings is 1. The third kappa shape index (κ3) is 4.89. The Bertz CT molecular complexity index is 750. The van der Waals surface area contributed by atoms with Gasteiger partial charge < -0.3 is 10.2 Å². The van der Waals surface area contributed by atoms with Crippen LogP contribution in [0.25, 0.3) is 0 Å². The van der Waals surface area contributed by atoms with Crippen LogP contribution in [0, 0.1) is 11.8 Å². The van der Waals surface area contributed by atoms with Gasteiger partial charge in [-0.2, -0.15) is 0 Å². The summed E-state index contributed by atoms with van der Waals surface area (Å²) in [4.78, 5) is 23.7. The molecule has 3 rings (SSSR count). The zero-order valence-electron chi connectivity index (χ0n) is 17.4. The van der Waals surface area contributed by atoms with Gasteiger partial charge in [0.1, 0.15) is 5.82 Å². The molecule has 1 atom stereocenters. The molecule has 0 bridgehead atoms. The quantitative estimate of drug-likeness (QED) is 0.810. The van der Waals surface area contributed by atoms with Gasteiger partial charge in [-0.3, -0.25) is 9.78 Å². The number of hydrogen-bond donors (Lipinski definition) is 1. The van der Waals surface area contributed by atoms with Crippen LogP contribution in [0.5, 0.6) is 0 Å². The van der Waals surface area contributed by atoms with Gasteiger partial charge in [0.25, 0.3) is 0 Å². The summed E-state index contributed by atoms with van der Waals surface area (Å²) < 4.78 is 0. The molecule has 1 amide bonds. The number of benzene rings is 1. The van der Waals surface area contributed by atoms with E-state index in [1.165, 1.54) is 11.1 Å². The first kappa shape index (κ1) is 20.3. The van der Waals surface area contributed by atoms with E-state index >= 15 is 0 Å². The molecule has 0 spiro atoms. The van der Waals surface area contributed by atoms with Crippen molar-refractivity contribution in [1.82, 2.24) is 15.3 Å². The first-order chi connectivity index (χ1) is 13.5. The smallest absolute Gasteiger partial charge is 0.223 e. The van der Waals surface area contributed by atoms with E-state index in [9.17, 15) is 4.79 Å². The summed E-state index contributed by atoms with van der Waals surface area (Å²) in [6.07, 6.45) is 6.88. The Labute approximate surface area is 168 Å². The molecule has 1 aliphatic heterocycles. The Morgan fingerprint density at radius 1 is 1.04 bits per heavy atom. The number of anilines is 1. The fourth-order valence-electron chi connectivity index (χ4n) is 3.82. The standard InChI is InChI=1S/C23H32N4O/c1-16(2)18-5-7-19(8-6-18)22(17(3)4)26-23(28)20-9-13-27(14-10-20)21-15-24-11-12-25-21/h5-8,11-12,15-17,20,22H,9-10,13-14H2,1-4H3,(H,26,28)/t22-/m0/s1. The Morgan fingerprint density at radius 2 is 1.68 bits per heavy atom. The molecule has 0 unspecified atom stereocenters. The summed E-state index contributed by atoms with van der Waals surface area (Å²) in [6.45, 7) is 10.4. The molecule has 2 heterocycles. The Hall–Kier alpha value is -2.43. The van der Waals surface area contributed by atoms with E-state index in [1.54, 1.807) is 18.6 Å². The maximum absolute atomic E-state index is 12.9. The molecule has 1 saturated heterocycles. The van der Waals surface area contributed by atoms with Crippen molar-refractivity contribution in [3.8, 4) is 0 Å². The molecule has 2 aromatic rings. The predicted molar refractivity (Wildman–Crippen MR) is 113 cm³/mol. The number of nitrogens with zero attached hydrogens (tertiary/aromatic N) is 3. The van der Waals surface area contributed by atoms with Crippen LogP contribution in [0.1, 0.15) is 63.6 Å². The Balaban J connectivity index is 1.60. The van der Waals surface area contributed by atoms with Crippen molar-refractivity contribution in [2.75, 3.05) is 18.0 Å². The van der Waals surface area contributed by atoms with Crippen LogP contribution in [0.2, 0.25) is 0 Å². The minimum absolute atomic E-state index is 0.0479. The van der Waals surface area contributed by atoms with Crippen LogP contribution >= 0.6 is 0 Å². The van der Waals surface area contributed by atoms with Gasteiger partial charge in [0, 0.05) is 31.4 Å². The van der Waals surface area contributed by atoms with Crippen molar-refractivity contribution in [3.05, 3.63) is 54.0 Å². The SMILES string of the molecule is CC(C)c1ccc([C@@H](NC(=O)C2CCN(c3cnccn3)CC2)C(C)C)cc1. The third-order valence-corrected chi connectivity index (χ3v) is 5.67. The van der Waals surface area contributed by atoms with Gasteiger partial charge in [-0.15, -0.1) is 0 Å². The van der Waals surface area contributed by atoms with Gasteiger partial charge in [0.15, 0.2) is 0 Å². The second-order valence-electron chi connectivity index (χ2n) is 8.38. The molecule has 5 nitrogen and oxygen atoms in total. The highest BCUT2D eigenvalue weighted by molar-refractivity contribution is 5.79. The van der Waals surface area contributed by atoms with Gasteiger partial charge in [-0.1, -0.05) is 52.0 Å². The summed E-state index contributed by atoms with van der Waals surface area (Å²) in [5.74, 6) is 1.98. The van der Waals surface area contributed by atoms with Crippen molar-refractivity contribution in [2.45, 2.75) is 52.5 Å². The summed E-state index contributed by atoms with van der Waals surface area (Å²) in [7, 11) is 0. The first-order valence-corrected chi connectivity index (χ1v) is 10.4. The minimum atomic E-state index is 0.0479. The van der Waals surface area contributed by atoms with Crippen LogP contribution in [-0.4, -0.2) is 29.0 Å². The van der Waals surface area contributed by atoms with Gasteiger partial charge >= 0.3 is 0 Å². The maximum atomic E-state index is 12.9. The predicted octanol–water partition coefficient (Wildman–Crippen LogP) is 4.33. The molecule has 0 aliphatic carbocycles. The molecule has 5 heteroatoms. The largest absolute Gasteiger partial charge is 0.355 e. The highest BCUT2D eigenvalue weighted by atomic mass is 16.2. The van der Waals surface area contributed by atoms with Crippen LogP contribution in [-0.2, 0) is 4.79 Å². The summed E-state index contributed by atoms with van der Waals surface area (Å²) >= 11 is 0. The Morgan fingerprint density at radius 3 is 2.21 bits per heavy atom. The van der Waals surface area contributed by atoms with E-state index in [0.717, 1.165) is 31.7 Å². The number of carbonyl (C=O) groups excluding carboxylic acids is 1. The highest BCUT2D eigenvalue weighted by Crippen LogP contribution is 2.26. The van der Waals surface area contributed by atoms with Gasteiger partial charge in [0.2, 0.25) is 5.91 Å². The van der Waals surface area contributed by atoms with Gasteiger partial charge in [-0.25, -0.2) is 4.98 Å². The van der Waals surface area contributed by atoms with Crippen molar-refractivity contribution in [3.63, 3.8) is 0 Å². The van der Waals surface area contributed by atoms with E-state index in [4.69, 9.17) is 0 Å².